The molecule has 5 amide bonds. The van der Waals surface area contributed by atoms with Crippen molar-refractivity contribution < 1.29 is 222 Å². The van der Waals surface area contributed by atoms with E-state index < -0.39 is 358 Å². The van der Waals surface area contributed by atoms with Gasteiger partial charge in [0.2, 0.25) is 29.5 Å². The Hall–Kier alpha value is -4.25. The van der Waals surface area contributed by atoms with E-state index in [1.807, 2.05) is 0 Å². The maximum Gasteiger partial charge on any atom is 0.217 e. The minimum Gasteiger partial charge on any atom is -0.394 e. The van der Waals surface area contributed by atoms with Crippen LogP contribution in [-0.2, 0) is 104 Å². The van der Waals surface area contributed by atoms with Gasteiger partial charge in [-0.2, -0.15) is 0 Å². The first kappa shape index (κ1) is 93.6. The first-order chi connectivity index (χ1) is 53.8. The number of aliphatic hydroxyl groups is 23. The molecule has 0 aliphatic carbocycles. The van der Waals surface area contributed by atoms with Gasteiger partial charge in [0.05, 0.1) is 59.0 Å². The van der Waals surface area contributed by atoms with E-state index in [4.69, 9.17) is 80.5 Å². The molecule has 0 unspecified atom stereocenters. The van der Waals surface area contributed by atoms with E-state index in [0.29, 0.717) is 0 Å². The number of hydrogen-bond acceptors (Lipinski definition) is 45. The molecule has 28 N–H and O–H groups in total. The van der Waals surface area contributed by atoms with E-state index in [0.717, 1.165) is 34.6 Å². The number of amides is 5. The maximum absolute atomic E-state index is 13.2. The summed E-state index contributed by atoms with van der Waals surface area (Å²) in [6.07, 6.45) is -81.1. The van der Waals surface area contributed by atoms with E-state index in [-0.39, 0.29) is 0 Å². The van der Waals surface area contributed by atoms with Crippen molar-refractivity contribution in [3.8, 4) is 0 Å². The summed E-state index contributed by atoms with van der Waals surface area (Å²) in [5, 5.41) is 269. The van der Waals surface area contributed by atoms with Gasteiger partial charge in [0.1, 0.15) is 213 Å². The van der Waals surface area contributed by atoms with Crippen molar-refractivity contribution in [3.05, 3.63) is 0 Å². The van der Waals surface area contributed by atoms with Crippen LogP contribution in [0.4, 0.5) is 0 Å². The predicted molar refractivity (Wildman–Crippen MR) is 354 cm³/mol. The molecule has 0 aromatic heterocycles. The predicted octanol–water partition coefficient (Wildman–Crippen LogP) is -18.9. The molecule has 0 bridgehead atoms. The molecule has 0 radical (unpaired) electrons. The standard InChI is InChI=1S/C64H107N5O45/c1-15-34(81)45(92)48(95)61(100-15)98-14-28-52(42(89)29(56(97)101-28)65-16(2)76)110-59-32(68-19(5)79)44(91)51(26(12-75)106-59)111-62-49(96)53(112-64-55(47(94)38(85)24(10-73)105-64)114-58-31(67-18(4)78)41(88)36(83)22(8-71)103-58)39(86)27(108-62)13-99-63-54(46(93)37(84)23(9-72)104-63)113-60-33(69-20(6)80)43(90)50(25(11-74)107-60)109-57-30(66-17(3)77)40(87)35(82)21(7-70)102-57/h15,21-64,70-75,81-97H,7-14H2,1-6H3,(H,65,76)(H,66,77)(H,67,78)(H,68,79)(H,69,80)/t15-,21-,22-,23-,24-,25-,26-,27-,28-,29-,30-,31-,32-,33-,34+,35-,36-,37-,38-,39-,40-,41-,42-,43-,44-,45+,46+,47+,48-,49+,50-,51-,52-,53+,54+,55+,56-,57+,58+,59+,60+,61+,62+,63+,64-/m1/s1. The lowest BCUT2D eigenvalue weighted by molar-refractivity contribution is -0.396. The van der Waals surface area contributed by atoms with Crippen LogP contribution < -0.4 is 26.6 Å². The Labute approximate surface area is 646 Å². The zero-order valence-corrected chi connectivity index (χ0v) is 61.9. The van der Waals surface area contributed by atoms with Crippen molar-refractivity contribution in [2.75, 3.05) is 52.9 Å². The Morgan fingerprint density at radius 2 is 0.544 bits per heavy atom. The van der Waals surface area contributed by atoms with Crippen LogP contribution in [0.15, 0.2) is 0 Å². The monoisotopic (exact) mass is 1670 g/mol. The highest BCUT2D eigenvalue weighted by atomic mass is 16.8. The van der Waals surface area contributed by atoms with Gasteiger partial charge in [-0.25, -0.2) is 0 Å². The van der Waals surface area contributed by atoms with Gasteiger partial charge < -0.3 is 225 Å². The lowest BCUT2D eigenvalue weighted by Gasteiger charge is -2.51. The van der Waals surface area contributed by atoms with Crippen molar-refractivity contribution in [1.82, 2.24) is 26.6 Å². The van der Waals surface area contributed by atoms with Crippen molar-refractivity contribution in [2.45, 2.75) is 318 Å². The number of carbonyl (C=O) groups is 5. The van der Waals surface area contributed by atoms with Crippen LogP contribution in [0.5, 0.6) is 0 Å². The molecule has 9 heterocycles. The Kier molecular flexibility index (Phi) is 33.6. The Balaban J connectivity index is 1.05. The normalized spacial score (nSPS) is 48.2. The number of hydrogen-bond donors (Lipinski definition) is 28. The third kappa shape index (κ3) is 21.0. The zero-order chi connectivity index (χ0) is 84.1. The van der Waals surface area contributed by atoms with E-state index in [1.54, 1.807) is 0 Å². The van der Waals surface area contributed by atoms with Crippen LogP contribution in [-0.4, -0.2) is 476 Å². The molecule has 9 aliphatic rings. The fourth-order valence-electron chi connectivity index (χ4n) is 14.7. The molecule has 0 spiro atoms. The molecular weight excluding hydrogens is 1560 g/mol. The second-order valence-corrected chi connectivity index (χ2v) is 28.9. The van der Waals surface area contributed by atoms with Gasteiger partial charge in [-0.3, -0.25) is 24.0 Å². The largest absolute Gasteiger partial charge is 0.394 e. The molecule has 9 fully saturated rings. The lowest BCUT2D eigenvalue weighted by Crippen LogP contribution is -2.71. The maximum atomic E-state index is 13.2. The SMILES string of the molecule is CC(=O)N[C@@H]1[C@@H](O)[C@H](O[C@@H]2O[C@H](CO)[C@@H](O[C@@H]3O[C@H](CO[C@H]4O[C@H](CO)[C@@H](O)[C@H](O)[C@@H]4O[C@@H]4O[C@H](CO)[C@@H](O[C@@H]5O[C@H](CO)[C@@H](O)[C@H](O)[C@H]5NC(C)=O)[C@H](O)[C@H]4NC(C)=O)[C@@H](O)[C@H](O[C@H]4O[C@H](CO)[C@@H](O)[C@H](O)[C@@H]4O[C@@H]4O[C@H](CO)[C@@H](O)[C@H](O)[C@H]4NC(C)=O)[C@@H]3O)[C@H](O)[C@H]2NC(C)=O)[C@@H](CO[C@H]2O[C@H](C)[C@H](O)[C@H](O)[C@H]2O)O[C@H]1O. The van der Waals surface area contributed by atoms with E-state index in [9.17, 15) is 141 Å². The Morgan fingerprint density at radius 3 is 0.956 bits per heavy atom. The third-order valence-corrected chi connectivity index (χ3v) is 20.7. The fourth-order valence-corrected chi connectivity index (χ4v) is 14.7. The number of rotatable bonds is 29. The first-order valence-corrected chi connectivity index (χ1v) is 36.5. The van der Waals surface area contributed by atoms with Crippen LogP contribution in [0.3, 0.4) is 0 Å². The molecule has 0 saturated carbocycles. The van der Waals surface area contributed by atoms with Crippen LogP contribution in [0.25, 0.3) is 0 Å². The second-order valence-electron chi connectivity index (χ2n) is 28.9. The topological polar surface area (TPSA) is 768 Å². The highest BCUT2D eigenvalue weighted by molar-refractivity contribution is 5.75. The minimum absolute atomic E-state index is 0.795. The summed E-state index contributed by atoms with van der Waals surface area (Å²) in [7, 11) is 0. The summed E-state index contributed by atoms with van der Waals surface area (Å²) < 4.78 is 102. The van der Waals surface area contributed by atoms with E-state index in [1.165, 1.54) is 6.92 Å². The number of carbonyl (C=O) groups excluding carboxylic acids is 5. The molecule has 0 aromatic rings. The van der Waals surface area contributed by atoms with Crippen LogP contribution in [0.2, 0.25) is 0 Å². The number of nitrogens with one attached hydrogen (secondary N) is 5. The number of ether oxygens (including phenoxy) is 17. The molecule has 114 heavy (non-hydrogen) atoms. The van der Waals surface area contributed by atoms with Gasteiger partial charge in [0.25, 0.3) is 0 Å². The van der Waals surface area contributed by atoms with Gasteiger partial charge in [0.15, 0.2) is 56.6 Å². The number of aliphatic hydroxyl groups excluding tert-OH is 23. The summed E-state index contributed by atoms with van der Waals surface area (Å²) in [5.74, 6) is -4.39. The van der Waals surface area contributed by atoms with Crippen LogP contribution in [0, 0.1) is 0 Å². The van der Waals surface area contributed by atoms with Crippen molar-refractivity contribution >= 4 is 29.5 Å². The summed E-state index contributed by atoms with van der Waals surface area (Å²) in [6, 6.07) is -9.06. The summed E-state index contributed by atoms with van der Waals surface area (Å²) in [6.45, 7) is -2.37. The van der Waals surface area contributed by atoms with Crippen LogP contribution in [0.1, 0.15) is 41.5 Å². The molecule has 0 aromatic carbocycles. The molecule has 50 nitrogen and oxygen atoms in total. The minimum atomic E-state index is -2.56. The molecule has 9 aliphatic heterocycles. The molecule has 9 rings (SSSR count). The van der Waals surface area contributed by atoms with Gasteiger partial charge >= 0.3 is 0 Å². The van der Waals surface area contributed by atoms with Crippen LogP contribution >= 0.6 is 0 Å². The highest BCUT2D eigenvalue weighted by Gasteiger charge is 2.61. The Morgan fingerprint density at radius 1 is 0.246 bits per heavy atom. The van der Waals surface area contributed by atoms with E-state index in [2.05, 4.69) is 26.6 Å². The highest BCUT2D eigenvalue weighted by Crippen LogP contribution is 2.40. The average molecular weight is 1670 g/mol. The summed E-state index contributed by atoms with van der Waals surface area (Å²) in [4.78, 5) is 63.4. The van der Waals surface area contributed by atoms with Gasteiger partial charge in [-0.15, -0.1) is 0 Å². The third-order valence-electron chi connectivity index (χ3n) is 20.7. The molecular formula is C64H107N5O45. The Bertz CT molecular complexity index is 3080. The molecule has 658 valence electrons. The average Bonchev–Trinajstić information content (AvgIpc) is 0.770. The van der Waals surface area contributed by atoms with Gasteiger partial charge in [0, 0.05) is 34.6 Å². The quantitative estimate of drug-likeness (QED) is 0.0331. The van der Waals surface area contributed by atoms with E-state index >= 15 is 0 Å². The zero-order valence-electron chi connectivity index (χ0n) is 61.9. The smallest absolute Gasteiger partial charge is 0.217 e. The molecule has 9 saturated heterocycles. The van der Waals surface area contributed by atoms with Gasteiger partial charge in [-0.1, -0.05) is 0 Å². The summed E-state index contributed by atoms with van der Waals surface area (Å²) >= 11 is 0. The second kappa shape index (κ2) is 40.9. The molecule has 45 atom stereocenters. The summed E-state index contributed by atoms with van der Waals surface area (Å²) in [5.41, 5.74) is 0. The lowest BCUT2D eigenvalue weighted by atomic mass is 9.93. The fraction of sp³-hybridized carbons (Fsp3) is 0.922. The first-order valence-electron chi connectivity index (χ1n) is 36.5. The van der Waals surface area contributed by atoms with Gasteiger partial charge in [-0.05, 0) is 6.92 Å². The molecule has 50 heteroatoms. The van der Waals surface area contributed by atoms with Crippen molar-refractivity contribution in [3.63, 3.8) is 0 Å². The van der Waals surface area contributed by atoms with Crippen molar-refractivity contribution in [2.24, 2.45) is 0 Å². The van der Waals surface area contributed by atoms with Crippen molar-refractivity contribution in [1.29, 1.82) is 0 Å².